The predicted octanol–water partition coefficient (Wildman–Crippen LogP) is 1.60. The van der Waals surface area contributed by atoms with E-state index in [0.29, 0.717) is 17.3 Å². The fourth-order valence-electron chi connectivity index (χ4n) is 1.59. The van der Waals surface area contributed by atoms with Gasteiger partial charge in [0.15, 0.2) is 5.82 Å². The van der Waals surface area contributed by atoms with Crippen molar-refractivity contribution in [3.8, 4) is 11.5 Å². The highest BCUT2D eigenvalue weighted by Crippen LogP contribution is 2.18. The van der Waals surface area contributed by atoms with Gasteiger partial charge >= 0.3 is 0 Å². The summed E-state index contributed by atoms with van der Waals surface area (Å²) in [6.45, 7) is 5.36. The van der Waals surface area contributed by atoms with E-state index in [1.165, 1.54) is 0 Å². The first-order valence-electron chi connectivity index (χ1n) is 5.39. The van der Waals surface area contributed by atoms with Crippen LogP contribution < -0.4 is 0 Å². The standard InChI is InChI=1S/C12H14N4O/c1-7-10(8(2)17)6-14-12(15-7)11-4-5-13-9(3)16-11/h4-6,8,17H,1-3H3/t8-/m1/s1. The molecule has 0 amide bonds. The van der Waals surface area contributed by atoms with Crippen LogP contribution in [0.1, 0.15) is 30.1 Å². The van der Waals surface area contributed by atoms with Crippen LogP contribution in [0.3, 0.4) is 0 Å². The summed E-state index contributed by atoms with van der Waals surface area (Å²) in [6.07, 6.45) is 2.76. The van der Waals surface area contributed by atoms with Crippen LogP contribution >= 0.6 is 0 Å². The molecule has 0 saturated carbocycles. The molecule has 0 aliphatic rings. The Morgan fingerprint density at radius 1 is 1.18 bits per heavy atom. The number of hydrogen-bond donors (Lipinski definition) is 1. The second kappa shape index (κ2) is 4.55. The van der Waals surface area contributed by atoms with Crippen LogP contribution in [0.4, 0.5) is 0 Å². The van der Waals surface area contributed by atoms with Crippen LogP contribution in [0.2, 0.25) is 0 Å². The molecule has 1 atom stereocenters. The first kappa shape index (κ1) is 11.6. The molecular formula is C12H14N4O. The van der Waals surface area contributed by atoms with Crippen molar-refractivity contribution in [1.29, 1.82) is 0 Å². The summed E-state index contributed by atoms with van der Waals surface area (Å²) in [6, 6.07) is 1.77. The molecule has 5 heteroatoms. The van der Waals surface area contributed by atoms with Gasteiger partial charge in [-0.05, 0) is 26.8 Å². The number of hydrogen-bond acceptors (Lipinski definition) is 5. The monoisotopic (exact) mass is 230 g/mol. The van der Waals surface area contributed by atoms with Gasteiger partial charge < -0.3 is 5.11 Å². The largest absolute Gasteiger partial charge is 0.389 e. The number of aromatic nitrogens is 4. The van der Waals surface area contributed by atoms with Gasteiger partial charge in [0.25, 0.3) is 0 Å². The van der Waals surface area contributed by atoms with Gasteiger partial charge in [-0.25, -0.2) is 19.9 Å². The third-order valence-corrected chi connectivity index (χ3v) is 2.47. The van der Waals surface area contributed by atoms with Crippen LogP contribution in [0.15, 0.2) is 18.5 Å². The third kappa shape index (κ3) is 2.45. The molecule has 2 aromatic heterocycles. The Labute approximate surface area is 99.6 Å². The van der Waals surface area contributed by atoms with Crippen molar-refractivity contribution >= 4 is 0 Å². The minimum atomic E-state index is -0.559. The molecule has 0 saturated heterocycles. The highest BCUT2D eigenvalue weighted by atomic mass is 16.3. The van der Waals surface area contributed by atoms with Crippen LogP contribution in [-0.2, 0) is 0 Å². The minimum Gasteiger partial charge on any atom is -0.389 e. The van der Waals surface area contributed by atoms with Gasteiger partial charge in [0, 0.05) is 23.7 Å². The van der Waals surface area contributed by atoms with Crippen LogP contribution in [0, 0.1) is 13.8 Å². The molecule has 88 valence electrons. The van der Waals surface area contributed by atoms with Crippen molar-refractivity contribution in [2.24, 2.45) is 0 Å². The summed E-state index contributed by atoms with van der Waals surface area (Å²) < 4.78 is 0. The Bertz CT molecular complexity index is 540. The molecule has 0 aliphatic carbocycles. The zero-order chi connectivity index (χ0) is 12.4. The van der Waals surface area contributed by atoms with Gasteiger partial charge in [-0.2, -0.15) is 0 Å². The van der Waals surface area contributed by atoms with Crippen molar-refractivity contribution < 1.29 is 5.11 Å². The van der Waals surface area contributed by atoms with Crippen molar-refractivity contribution in [3.05, 3.63) is 35.5 Å². The molecule has 0 bridgehead atoms. The Balaban J connectivity index is 2.44. The Morgan fingerprint density at radius 3 is 2.53 bits per heavy atom. The number of rotatable bonds is 2. The summed E-state index contributed by atoms with van der Waals surface area (Å²) in [7, 11) is 0. The summed E-state index contributed by atoms with van der Waals surface area (Å²) in [5, 5.41) is 9.50. The molecule has 5 nitrogen and oxygen atoms in total. The number of aliphatic hydroxyl groups excluding tert-OH is 1. The summed E-state index contributed by atoms with van der Waals surface area (Å²) in [4.78, 5) is 16.8. The lowest BCUT2D eigenvalue weighted by molar-refractivity contribution is 0.197. The van der Waals surface area contributed by atoms with E-state index in [1.807, 2.05) is 13.8 Å². The molecule has 2 rings (SSSR count). The molecule has 0 aromatic carbocycles. The molecule has 2 heterocycles. The Hall–Kier alpha value is -1.88. The normalized spacial score (nSPS) is 12.5. The maximum Gasteiger partial charge on any atom is 0.178 e. The van der Waals surface area contributed by atoms with Crippen LogP contribution in [-0.4, -0.2) is 25.0 Å². The molecule has 2 aromatic rings. The lowest BCUT2D eigenvalue weighted by atomic mass is 10.1. The van der Waals surface area contributed by atoms with Crippen molar-refractivity contribution in [1.82, 2.24) is 19.9 Å². The molecular weight excluding hydrogens is 216 g/mol. The maximum atomic E-state index is 9.50. The van der Waals surface area contributed by atoms with E-state index in [4.69, 9.17) is 0 Å². The highest BCUT2D eigenvalue weighted by Gasteiger charge is 2.10. The van der Waals surface area contributed by atoms with Crippen molar-refractivity contribution in [2.75, 3.05) is 0 Å². The van der Waals surface area contributed by atoms with E-state index in [2.05, 4.69) is 19.9 Å². The third-order valence-electron chi connectivity index (χ3n) is 2.47. The minimum absolute atomic E-state index is 0.553. The van der Waals surface area contributed by atoms with E-state index < -0.39 is 6.10 Å². The fourth-order valence-corrected chi connectivity index (χ4v) is 1.59. The molecule has 1 N–H and O–H groups in total. The van der Waals surface area contributed by atoms with Gasteiger partial charge in [0.2, 0.25) is 0 Å². The second-order valence-corrected chi connectivity index (χ2v) is 3.90. The zero-order valence-electron chi connectivity index (χ0n) is 10.0. The highest BCUT2D eigenvalue weighted by molar-refractivity contribution is 5.48. The van der Waals surface area contributed by atoms with Gasteiger partial charge in [0.1, 0.15) is 11.5 Å². The Morgan fingerprint density at radius 2 is 1.94 bits per heavy atom. The average Bonchev–Trinajstić information content (AvgIpc) is 2.28. The quantitative estimate of drug-likeness (QED) is 0.848. The number of aryl methyl sites for hydroxylation is 2. The van der Waals surface area contributed by atoms with E-state index in [1.54, 1.807) is 25.4 Å². The summed E-state index contributed by atoms with van der Waals surface area (Å²) in [5.74, 6) is 1.24. The van der Waals surface area contributed by atoms with Gasteiger partial charge in [-0.15, -0.1) is 0 Å². The first-order chi connectivity index (χ1) is 8.08. The van der Waals surface area contributed by atoms with E-state index in [9.17, 15) is 5.11 Å². The topological polar surface area (TPSA) is 71.8 Å². The average molecular weight is 230 g/mol. The maximum absolute atomic E-state index is 9.50. The SMILES string of the molecule is Cc1nccc(-c2ncc([C@@H](C)O)c(C)n2)n1. The van der Waals surface area contributed by atoms with E-state index in [0.717, 1.165) is 11.3 Å². The molecule has 0 aliphatic heterocycles. The first-order valence-corrected chi connectivity index (χ1v) is 5.39. The summed E-state index contributed by atoms with van der Waals surface area (Å²) >= 11 is 0. The molecule has 0 unspecified atom stereocenters. The van der Waals surface area contributed by atoms with E-state index in [-0.39, 0.29) is 0 Å². The second-order valence-electron chi connectivity index (χ2n) is 3.90. The van der Waals surface area contributed by atoms with Crippen LogP contribution in [0.5, 0.6) is 0 Å². The smallest absolute Gasteiger partial charge is 0.178 e. The van der Waals surface area contributed by atoms with Crippen molar-refractivity contribution in [3.63, 3.8) is 0 Å². The van der Waals surface area contributed by atoms with E-state index >= 15 is 0 Å². The lowest BCUT2D eigenvalue weighted by Crippen LogP contribution is -2.02. The molecule has 0 spiro atoms. The fraction of sp³-hybridized carbons (Fsp3) is 0.333. The van der Waals surface area contributed by atoms with Crippen molar-refractivity contribution in [2.45, 2.75) is 26.9 Å². The molecule has 17 heavy (non-hydrogen) atoms. The van der Waals surface area contributed by atoms with Gasteiger partial charge in [0.05, 0.1) is 6.10 Å². The Kier molecular flexibility index (Phi) is 3.10. The van der Waals surface area contributed by atoms with Gasteiger partial charge in [-0.3, -0.25) is 0 Å². The lowest BCUT2D eigenvalue weighted by Gasteiger charge is -2.08. The van der Waals surface area contributed by atoms with Gasteiger partial charge in [-0.1, -0.05) is 0 Å². The zero-order valence-corrected chi connectivity index (χ0v) is 10.0. The predicted molar refractivity (Wildman–Crippen MR) is 63.2 cm³/mol. The van der Waals surface area contributed by atoms with Crippen LogP contribution in [0.25, 0.3) is 11.5 Å². The summed E-state index contributed by atoms with van der Waals surface area (Å²) in [5.41, 5.74) is 2.19. The molecule has 0 radical (unpaired) electrons. The molecule has 0 fully saturated rings. The number of nitrogens with zero attached hydrogens (tertiary/aromatic N) is 4. The number of aliphatic hydroxyl groups is 1.